The molecule has 0 saturated heterocycles. The van der Waals surface area contributed by atoms with E-state index in [0.717, 1.165) is 48.3 Å². The van der Waals surface area contributed by atoms with Gasteiger partial charge in [-0.25, -0.2) is 4.79 Å². The Morgan fingerprint density at radius 2 is 1.57 bits per heavy atom. The number of nitrogens with two attached hydrogens (primary N) is 1. The molecule has 0 heterocycles. The van der Waals surface area contributed by atoms with E-state index < -0.39 is 6.09 Å². The SMILES string of the molecule is COc1cc(CCOC(N)=O)c(OC)cc1CCCCCCF. The van der Waals surface area contributed by atoms with Crippen molar-refractivity contribution in [3.8, 4) is 11.5 Å². The average molecular weight is 327 g/mol. The summed E-state index contributed by atoms with van der Waals surface area (Å²) >= 11 is 0. The van der Waals surface area contributed by atoms with Crippen LogP contribution in [0.15, 0.2) is 12.1 Å². The maximum Gasteiger partial charge on any atom is 0.404 e. The molecule has 0 bridgehead atoms. The van der Waals surface area contributed by atoms with Crippen LogP contribution in [0.2, 0.25) is 0 Å². The number of ether oxygens (including phenoxy) is 3. The Morgan fingerprint density at radius 3 is 2.09 bits per heavy atom. The molecular formula is C17H26FNO4. The molecule has 5 nitrogen and oxygen atoms in total. The number of carbonyl (C=O) groups excluding carboxylic acids is 1. The van der Waals surface area contributed by atoms with Crippen molar-refractivity contribution in [1.29, 1.82) is 0 Å². The van der Waals surface area contributed by atoms with Gasteiger partial charge in [0.05, 0.1) is 27.5 Å². The summed E-state index contributed by atoms with van der Waals surface area (Å²) in [7, 11) is 3.23. The van der Waals surface area contributed by atoms with E-state index in [-0.39, 0.29) is 13.3 Å². The number of rotatable bonds is 11. The lowest BCUT2D eigenvalue weighted by Crippen LogP contribution is -2.15. The highest BCUT2D eigenvalue weighted by molar-refractivity contribution is 5.64. The van der Waals surface area contributed by atoms with Gasteiger partial charge in [-0.1, -0.05) is 12.8 Å². The van der Waals surface area contributed by atoms with Crippen molar-refractivity contribution in [2.75, 3.05) is 27.5 Å². The van der Waals surface area contributed by atoms with Gasteiger partial charge in [-0.05, 0) is 37.0 Å². The second-order valence-corrected chi connectivity index (χ2v) is 5.25. The number of alkyl halides is 1. The molecule has 2 N–H and O–H groups in total. The normalized spacial score (nSPS) is 10.4. The zero-order chi connectivity index (χ0) is 17.1. The van der Waals surface area contributed by atoms with Crippen LogP contribution in [0.4, 0.5) is 9.18 Å². The van der Waals surface area contributed by atoms with E-state index in [1.54, 1.807) is 14.2 Å². The van der Waals surface area contributed by atoms with Crippen LogP contribution >= 0.6 is 0 Å². The molecule has 6 heteroatoms. The topological polar surface area (TPSA) is 70.8 Å². The van der Waals surface area contributed by atoms with Crippen LogP contribution in [0, 0.1) is 0 Å². The molecule has 0 atom stereocenters. The third-order valence-electron chi connectivity index (χ3n) is 3.63. The summed E-state index contributed by atoms with van der Waals surface area (Å²) in [4.78, 5) is 10.6. The van der Waals surface area contributed by atoms with Crippen molar-refractivity contribution >= 4 is 6.09 Å². The Hall–Kier alpha value is -1.98. The van der Waals surface area contributed by atoms with Gasteiger partial charge in [-0.2, -0.15) is 0 Å². The van der Waals surface area contributed by atoms with Gasteiger partial charge < -0.3 is 19.9 Å². The van der Waals surface area contributed by atoms with Gasteiger partial charge in [0, 0.05) is 12.0 Å². The minimum Gasteiger partial charge on any atom is -0.496 e. The Kier molecular flexibility index (Phi) is 8.87. The van der Waals surface area contributed by atoms with Gasteiger partial charge >= 0.3 is 6.09 Å². The molecule has 0 fully saturated rings. The summed E-state index contributed by atoms with van der Waals surface area (Å²) in [6, 6.07) is 3.85. The molecule has 0 aliphatic rings. The van der Waals surface area contributed by atoms with E-state index in [2.05, 4.69) is 0 Å². The van der Waals surface area contributed by atoms with Gasteiger partial charge in [-0.15, -0.1) is 0 Å². The summed E-state index contributed by atoms with van der Waals surface area (Å²) in [6.45, 7) is -0.0589. The molecule has 0 aromatic heterocycles. The molecule has 0 unspecified atom stereocenters. The van der Waals surface area contributed by atoms with E-state index in [9.17, 15) is 9.18 Å². The minimum atomic E-state index is -0.791. The third-order valence-corrected chi connectivity index (χ3v) is 3.63. The van der Waals surface area contributed by atoms with Crippen LogP contribution in [-0.4, -0.2) is 33.6 Å². The van der Waals surface area contributed by atoms with E-state index in [1.807, 2.05) is 12.1 Å². The second-order valence-electron chi connectivity index (χ2n) is 5.25. The lowest BCUT2D eigenvalue weighted by molar-refractivity contribution is 0.158. The number of benzene rings is 1. The number of primary amides is 1. The van der Waals surface area contributed by atoms with E-state index >= 15 is 0 Å². The average Bonchev–Trinajstić information content (AvgIpc) is 2.54. The number of hydrogen-bond acceptors (Lipinski definition) is 4. The summed E-state index contributed by atoms with van der Waals surface area (Å²) in [5, 5.41) is 0. The summed E-state index contributed by atoms with van der Waals surface area (Å²) in [5.74, 6) is 1.52. The molecule has 1 rings (SSSR count). The van der Waals surface area contributed by atoms with Crippen LogP contribution in [0.25, 0.3) is 0 Å². The highest BCUT2D eigenvalue weighted by Crippen LogP contribution is 2.30. The van der Waals surface area contributed by atoms with Crippen LogP contribution in [0.5, 0.6) is 11.5 Å². The van der Waals surface area contributed by atoms with Gasteiger partial charge in [0.15, 0.2) is 0 Å². The van der Waals surface area contributed by atoms with Crippen LogP contribution in [-0.2, 0) is 17.6 Å². The van der Waals surface area contributed by atoms with E-state index in [4.69, 9.17) is 19.9 Å². The lowest BCUT2D eigenvalue weighted by atomic mass is 10.0. The summed E-state index contributed by atoms with van der Waals surface area (Å²) < 4.78 is 27.7. The van der Waals surface area contributed by atoms with Gasteiger partial charge in [0.25, 0.3) is 0 Å². The molecule has 130 valence electrons. The highest BCUT2D eigenvalue weighted by Gasteiger charge is 2.11. The van der Waals surface area contributed by atoms with Crippen molar-refractivity contribution in [2.24, 2.45) is 5.73 Å². The van der Waals surface area contributed by atoms with Crippen LogP contribution < -0.4 is 15.2 Å². The van der Waals surface area contributed by atoms with Crippen molar-refractivity contribution in [2.45, 2.75) is 38.5 Å². The molecule has 1 amide bonds. The van der Waals surface area contributed by atoms with Crippen molar-refractivity contribution in [3.63, 3.8) is 0 Å². The third kappa shape index (κ3) is 6.76. The summed E-state index contributed by atoms with van der Waals surface area (Å²) in [5.41, 5.74) is 6.91. The maximum atomic E-state index is 12.1. The largest absolute Gasteiger partial charge is 0.496 e. The summed E-state index contributed by atoms with van der Waals surface area (Å²) in [6.07, 6.45) is 4.05. The Labute approximate surface area is 136 Å². The number of amides is 1. The molecule has 0 aliphatic heterocycles. The Balaban J connectivity index is 2.73. The smallest absolute Gasteiger partial charge is 0.404 e. The quantitative estimate of drug-likeness (QED) is 0.632. The van der Waals surface area contributed by atoms with Crippen LogP contribution in [0.1, 0.15) is 36.8 Å². The van der Waals surface area contributed by atoms with Gasteiger partial charge in [-0.3, -0.25) is 4.39 Å². The first-order valence-corrected chi connectivity index (χ1v) is 7.84. The number of hydrogen-bond donors (Lipinski definition) is 1. The van der Waals surface area contributed by atoms with Gasteiger partial charge in [0.2, 0.25) is 0 Å². The fourth-order valence-electron chi connectivity index (χ4n) is 2.44. The van der Waals surface area contributed by atoms with E-state index in [0.29, 0.717) is 12.8 Å². The van der Waals surface area contributed by atoms with Crippen molar-refractivity contribution in [1.82, 2.24) is 0 Å². The van der Waals surface area contributed by atoms with Crippen molar-refractivity contribution < 1.29 is 23.4 Å². The molecule has 0 aliphatic carbocycles. The Morgan fingerprint density at radius 1 is 1.00 bits per heavy atom. The number of unbranched alkanes of at least 4 members (excludes halogenated alkanes) is 3. The number of carbonyl (C=O) groups is 1. The molecule has 0 radical (unpaired) electrons. The zero-order valence-electron chi connectivity index (χ0n) is 13.9. The van der Waals surface area contributed by atoms with Gasteiger partial charge in [0.1, 0.15) is 11.5 Å². The first-order valence-electron chi connectivity index (χ1n) is 7.84. The first-order chi connectivity index (χ1) is 11.1. The predicted molar refractivity (Wildman–Crippen MR) is 86.9 cm³/mol. The molecule has 1 aromatic carbocycles. The maximum absolute atomic E-state index is 12.1. The predicted octanol–water partition coefficient (Wildman–Crippen LogP) is 3.41. The zero-order valence-corrected chi connectivity index (χ0v) is 13.9. The monoisotopic (exact) mass is 327 g/mol. The lowest BCUT2D eigenvalue weighted by Gasteiger charge is -2.15. The number of methoxy groups -OCH3 is 2. The molecule has 1 aromatic rings. The molecule has 0 saturated carbocycles. The van der Waals surface area contributed by atoms with Crippen molar-refractivity contribution in [3.05, 3.63) is 23.3 Å². The molecular weight excluding hydrogens is 301 g/mol. The molecule has 23 heavy (non-hydrogen) atoms. The Bertz CT molecular complexity index is 494. The fraction of sp³-hybridized carbons (Fsp3) is 0.588. The first kappa shape index (κ1) is 19.1. The highest BCUT2D eigenvalue weighted by atomic mass is 19.1. The fourth-order valence-corrected chi connectivity index (χ4v) is 2.44. The second kappa shape index (κ2) is 10.7. The van der Waals surface area contributed by atoms with E-state index in [1.165, 1.54) is 0 Å². The number of aryl methyl sites for hydroxylation is 1. The molecule has 0 spiro atoms. The van der Waals surface area contributed by atoms with Crippen LogP contribution in [0.3, 0.4) is 0 Å². The standard InChI is InChI=1S/C17H26FNO4/c1-21-15-12-14(8-10-23-17(19)20)16(22-2)11-13(15)7-5-3-4-6-9-18/h11-12H,3-10H2,1-2H3,(H2,19,20). The minimum absolute atomic E-state index is 0.192. The number of halogens is 1.